The molecule has 3 rings (SSSR count). The number of aliphatic hydroxyl groups is 11. The molecular formula is C88H167NO18. The SMILES string of the molecule is CCCCCCCCCCCCCCCCCC/C=C/CC/C=C/C(O)C(COC1OC(CO)C(OC2OC(CO)C(OC3OC(CO)C(O)C(O)C3O)C(O)C2O)C(O)C1O)NC(=O)CCCCCCCCCCCCCCCCCCCCCCCCCCCCCCCCCCCCCCCCCC. The van der Waals surface area contributed by atoms with Gasteiger partial charge in [-0.3, -0.25) is 4.79 Å². The summed E-state index contributed by atoms with van der Waals surface area (Å²) in [6.45, 7) is 1.79. The van der Waals surface area contributed by atoms with Crippen LogP contribution >= 0.6 is 0 Å². The van der Waals surface area contributed by atoms with E-state index in [0.29, 0.717) is 12.8 Å². The first-order valence-corrected chi connectivity index (χ1v) is 45.1. The van der Waals surface area contributed by atoms with E-state index in [2.05, 4.69) is 31.3 Å². The van der Waals surface area contributed by atoms with Gasteiger partial charge in [0.05, 0.1) is 38.6 Å². The summed E-state index contributed by atoms with van der Waals surface area (Å²) in [5.74, 6) is -0.276. The van der Waals surface area contributed by atoms with Crippen LogP contribution in [0, 0.1) is 0 Å². The number of carbonyl (C=O) groups excluding carboxylic acids is 1. The van der Waals surface area contributed by atoms with Crippen LogP contribution in [0.25, 0.3) is 0 Å². The molecule has 12 N–H and O–H groups in total. The molecule has 0 aromatic carbocycles. The topological polar surface area (TPSA) is 307 Å². The van der Waals surface area contributed by atoms with Crippen LogP contribution in [0.15, 0.2) is 24.3 Å². The summed E-state index contributed by atoms with van der Waals surface area (Å²) in [5, 5.41) is 121. The standard InChI is InChI=1S/C88H167NO18/c1-3-5-7-9-11-13-15-17-19-21-23-25-27-28-29-30-31-32-33-34-35-36-37-38-39-40-41-42-43-44-46-48-50-52-54-56-58-60-62-64-66-76(94)89-71(72(93)65-63-61-59-57-55-53-51-49-47-45-26-24-22-20-18-16-14-12-10-8-6-4-2)70-102-86-82(100)79(97)84(74(68-91)104-86)107-88-83(101)80(98)85(75(69-92)105-88)106-87-81(99)78(96)77(95)73(67-90)103-87/h55,57,63,65,71-75,77-88,90-93,95-101H,3-54,56,58-62,64,66-70H2,1-2H3,(H,89,94)/b57-55+,65-63+. The van der Waals surface area contributed by atoms with Gasteiger partial charge in [-0.15, -0.1) is 0 Å². The van der Waals surface area contributed by atoms with Crippen LogP contribution in [-0.4, -0.2) is 193 Å². The van der Waals surface area contributed by atoms with Crippen LogP contribution < -0.4 is 5.32 Å². The van der Waals surface area contributed by atoms with Crippen LogP contribution in [0.3, 0.4) is 0 Å². The third-order valence-corrected chi connectivity index (χ3v) is 22.8. The molecule has 19 nitrogen and oxygen atoms in total. The first kappa shape index (κ1) is 99.5. The Bertz CT molecular complexity index is 2020. The molecule has 0 spiro atoms. The summed E-state index contributed by atoms with van der Waals surface area (Å²) < 4.78 is 34.5. The first-order valence-electron chi connectivity index (χ1n) is 45.1. The Kier molecular flexibility index (Phi) is 63.8. The molecule has 1 amide bonds. The van der Waals surface area contributed by atoms with Gasteiger partial charge in [-0.1, -0.05) is 385 Å². The normalized spacial score (nSPS) is 25.6. The summed E-state index contributed by atoms with van der Waals surface area (Å²) in [7, 11) is 0. The van der Waals surface area contributed by atoms with Crippen molar-refractivity contribution in [3.63, 3.8) is 0 Å². The van der Waals surface area contributed by atoms with Crippen molar-refractivity contribution in [3.05, 3.63) is 24.3 Å². The van der Waals surface area contributed by atoms with Crippen LogP contribution in [0.1, 0.15) is 399 Å². The van der Waals surface area contributed by atoms with Crippen molar-refractivity contribution in [2.75, 3.05) is 26.4 Å². The van der Waals surface area contributed by atoms with Gasteiger partial charge in [-0.25, -0.2) is 0 Å². The monoisotopic (exact) mass is 1530 g/mol. The maximum atomic E-state index is 13.5. The summed E-state index contributed by atoms with van der Waals surface area (Å²) in [6, 6.07) is -0.989. The fourth-order valence-corrected chi connectivity index (χ4v) is 15.6. The van der Waals surface area contributed by atoms with E-state index in [9.17, 15) is 61.0 Å². The van der Waals surface area contributed by atoms with Gasteiger partial charge in [-0.05, 0) is 32.1 Å². The Morgan fingerprint density at radius 3 is 0.935 bits per heavy atom. The maximum absolute atomic E-state index is 13.5. The van der Waals surface area contributed by atoms with Crippen LogP contribution in [0.2, 0.25) is 0 Å². The number of aliphatic hydroxyl groups excluding tert-OH is 11. The van der Waals surface area contributed by atoms with Gasteiger partial charge in [0.25, 0.3) is 0 Å². The molecule has 0 saturated carbocycles. The number of ether oxygens (including phenoxy) is 6. The van der Waals surface area contributed by atoms with E-state index in [4.69, 9.17) is 28.4 Å². The zero-order chi connectivity index (χ0) is 77.4. The first-order chi connectivity index (χ1) is 52.3. The zero-order valence-electron chi connectivity index (χ0n) is 68.2. The van der Waals surface area contributed by atoms with E-state index in [-0.39, 0.29) is 18.9 Å². The van der Waals surface area contributed by atoms with E-state index in [0.717, 1.165) is 38.5 Å². The van der Waals surface area contributed by atoms with Gasteiger partial charge in [0.1, 0.15) is 73.2 Å². The van der Waals surface area contributed by atoms with Crippen molar-refractivity contribution in [1.29, 1.82) is 0 Å². The lowest BCUT2D eigenvalue weighted by atomic mass is 9.96. The summed E-state index contributed by atoms with van der Waals surface area (Å²) in [6.07, 6.45) is 59.3. The molecule has 0 aliphatic carbocycles. The minimum atomic E-state index is -1.98. The van der Waals surface area contributed by atoms with Crippen molar-refractivity contribution < 1.29 is 89.4 Å². The van der Waals surface area contributed by atoms with Crippen molar-refractivity contribution in [3.8, 4) is 0 Å². The molecule has 3 saturated heterocycles. The van der Waals surface area contributed by atoms with E-state index in [1.807, 2.05) is 6.08 Å². The molecular weight excluding hydrogens is 1360 g/mol. The Hall–Kier alpha value is -1.73. The Morgan fingerprint density at radius 2 is 0.598 bits per heavy atom. The lowest BCUT2D eigenvalue weighted by Crippen LogP contribution is -2.66. The van der Waals surface area contributed by atoms with Crippen molar-refractivity contribution >= 4 is 5.91 Å². The van der Waals surface area contributed by atoms with Crippen molar-refractivity contribution in [2.24, 2.45) is 0 Å². The van der Waals surface area contributed by atoms with Crippen LogP contribution in [0.5, 0.6) is 0 Å². The van der Waals surface area contributed by atoms with Gasteiger partial charge < -0.3 is 89.9 Å². The number of nitrogens with one attached hydrogen (secondary N) is 1. The highest BCUT2D eigenvalue weighted by Crippen LogP contribution is 2.34. The number of hydrogen-bond acceptors (Lipinski definition) is 18. The Balaban J connectivity index is 1.29. The third kappa shape index (κ3) is 47.7. The van der Waals surface area contributed by atoms with Crippen LogP contribution in [0.4, 0.5) is 0 Å². The molecule has 19 heteroatoms. The molecule has 17 atom stereocenters. The number of amides is 1. The average molecular weight is 1530 g/mol. The van der Waals surface area contributed by atoms with E-state index >= 15 is 0 Å². The highest BCUT2D eigenvalue weighted by Gasteiger charge is 2.54. The molecule has 632 valence electrons. The largest absolute Gasteiger partial charge is 0.394 e. The number of rotatable bonds is 74. The summed E-state index contributed by atoms with van der Waals surface area (Å²) in [5.41, 5.74) is 0. The predicted octanol–water partition coefficient (Wildman–Crippen LogP) is 16.9. The lowest BCUT2D eigenvalue weighted by molar-refractivity contribution is -0.379. The van der Waals surface area contributed by atoms with Crippen molar-refractivity contribution in [1.82, 2.24) is 5.32 Å². The Morgan fingerprint density at radius 1 is 0.327 bits per heavy atom. The summed E-state index contributed by atoms with van der Waals surface area (Å²) >= 11 is 0. The second-order valence-corrected chi connectivity index (χ2v) is 32.4. The van der Waals surface area contributed by atoms with E-state index < -0.39 is 124 Å². The number of unbranched alkanes of at least 4 members (excludes halogenated alkanes) is 56. The molecule has 3 heterocycles. The second-order valence-electron chi connectivity index (χ2n) is 32.4. The summed E-state index contributed by atoms with van der Waals surface area (Å²) in [4.78, 5) is 13.5. The van der Waals surface area contributed by atoms with E-state index in [1.54, 1.807) is 6.08 Å². The molecule has 107 heavy (non-hydrogen) atoms. The fourth-order valence-electron chi connectivity index (χ4n) is 15.6. The number of allylic oxidation sites excluding steroid dienone is 3. The van der Waals surface area contributed by atoms with Gasteiger partial charge in [0, 0.05) is 6.42 Å². The molecule has 3 aliphatic rings. The molecule has 0 radical (unpaired) electrons. The van der Waals surface area contributed by atoms with Crippen LogP contribution in [-0.2, 0) is 33.2 Å². The molecule has 0 bridgehead atoms. The Labute approximate surface area is 651 Å². The van der Waals surface area contributed by atoms with Crippen molar-refractivity contribution in [2.45, 2.75) is 503 Å². The molecule has 0 aromatic rings. The van der Waals surface area contributed by atoms with Gasteiger partial charge in [0.15, 0.2) is 18.9 Å². The smallest absolute Gasteiger partial charge is 0.220 e. The minimum absolute atomic E-state index is 0.241. The molecule has 17 unspecified atom stereocenters. The predicted molar refractivity (Wildman–Crippen MR) is 430 cm³/mol. The minimum Gasteiger partial charge on any atom is -0.394 e. The lowest BCUT2D eigenvalue weighted by Gasteiger charge is -2.48. The fraction of sp³-hybridized carbons (Fsp3) is 0.943. The van der Waals surface area contributed by atoms with Gasteiger partial charge >= 0.3 is 0 Å². The quantitative estimate of drug-likeness (QED) is 0.0199. The van der Waals surface area contributed by atoms with Gasteiger partial charge in [0.2, 0.25) is 5.91 Å². The number of hydrogen-bond donors (Lipinski definition) is 12. The average Bonchev–Trinajstić information content (AvgIpc) is 0.780. The highest BCUT2D eigenvalue weighted by atomic mass is 16.8. The van der Waals surface area contributed by atoms with Gasteiger partial charge in [-0.2, -0.15) is 0 Å². The third-order valence-electron chi connectivity index (χ3n) is 22.8. The molecule has 3 fully saturated rings. The molecule has 0 aromatic heterocycles. The highest BCUT2D eigenvalue weighted by molar-refractivity contribution is 5.76. The number of carbonyl (C=O) groups is 1. The zero-order valence-corrected chi connectivity index (χ0v) is 68.2. The maximum Gasteiger partial charge on any atom is 0.220 e. The second kappa shape index (κ2) is 68.7. The van der Waals surface area contributed by atoms with E-state index in [1.165, 1.54) is 327 Å². The molecule has 3 aliphatic heterocycles.